The first-order chi connectivity index (χ1) is 12.1. The molecule has 1 aromatic rings. The molecule has 1 atom stereocenters. The molecule has 134 valence electrons. The third-order valence-corrected chi connectivity index (χ3v) is 4.07. The summed E-state index contributed by atoms with van der Waals surface area (Å²) in [5.74, 6) is 0.0887. The Kier molecular flexibility index (Phi) is 6.22. The van der Waals surface area contributed by atoms with Crippen LogP contribution in [0.5, 0.6) is 5.75 Å². The molecule has 1 aliphatic heterocycles. The van der Waals surface area contributed by atoms with Crippen molar-refractivity contribution < 1.29 is 14.3 Å². The molecule has 1 unspecified atom stereocenters. The number of ether oxygens (including phenoxy) is 2. The van der Waals surface area contributed by atoms with Gasteiger partial charge in [0.25, 0.3) is 0 Å². The van der Waals surface area contributed by atoms with E-state index in [1.54, 1.807) is 14.0 Å². The fraction of sp³-hybridized carbons (Fsp3) is 0.368. The van der Waals surface area contributed by atoms with E-state index < -0.39 is 11.9 Å². The van der Waals surface area contributed by atoms with Crippen molar-refractivity contribution in [2.75, 3.05) is 13.7 Å². The zero-order valence-electron chi connectivity index (χ0n) is 14.9. The van der Waals surface area contributed by atoms with E-state index in [1.165, 1.54) is 6.20 Å². The van der Waals surface area contributed by atoms with Gasteiger partial charge in [0.05, 0.1) is 30.9 Å². The molecule has 0 spiro atoms. The second kappa shape index (κ2) is 8.37. The van der Waals surface area contributed by atoms with Gasteiger partial charge in [0.2, 0.25) is 0 Å². The average Bonchev–Trinajstić information content (AvgIpc) is 2.61. The van der Waals surface area contributed by atoms with E-state index in [9.17, 15) is 4.79 Å². The lowest BCUT2D eigenvalue weighted by Gasteiger charge is -2.29. The second-order valence-electron chi connectivity index (χ2n) is 5.62. The highest BCUT2D eigenvalue weighted by molar-refractivity contribution is 6.05. The molecule has 1 heterocycles. The van der Waals surface area contributed by atoms with E-state index in [-0.39, 0.29) is 6.61 Å². The number of methoxy groups -OCH3 is 1. The molecule has 1 aromatic carbocycles. The van der Waals surface area contributed by atoms with E-state index in [4.69, 9.17) is 20.9 Å². The van der Waals surface area contributed by atoms with Crippen molar-refractivity contribution in [3.05, 3.63) is 52.9 Å². The number of nitrogens with zero attached hydrogens (tertiary/aromatic N) is 1. The van der Waals surface area contributed by atoms with Gasteiger partial charge < -0.3 is 20.9 Å². The molecule has 6 heteroatoms. The number of nitrogens with two attached hydrogens (primary N) is 2. The predicted molar refractivity (Wildman–Crippen MR) is 98.2 cm³/mol. The van der Waals surface area contributed by atoms with Crippen LogP contribution in [0.4, 0.5) is 0 Å². The molecule has 6 nitrogen and oxygen atoms in total. The SMILES string of the molecule is CCCC1=C(C(=O)OCC)C(c2ccccc2OC)/C(=C/N)C(N)=N1. The van der Waals surface area contributed by atoms with Crippen molar-refractivity contribution >= 4 is 11.8 Å². The first kappa shape index (κ1) is 18.6. The van der Waals surface area contributed by atoms with Crippen LogP contribution in [0.3, 0.4) is 0 Å². The Labute approximate surface area is 148 Å². The average molecular weight is 343 g/mol. The van der Waals surface area contributed by atoms with Crippen LogP contribution in [-0.4, -0.2) is 25.5 Å². The molecule has 0 aliphatic carbocycles. The zero-order chi connectivity index (χ0) is 18.4. The van der Waals surface area contributed by atoms with E-state index in [0.29, 0.717) is 34.8 Å². The Morgan fingerprint density at radius 1 is 1.32 bits per heavy atom. The Hall–Kier alpha value is -2.76. The number of carbonyl (C=O) groups is 1. The summed E-state index contributed by atoms with van der Waals surface area (Å²) in [6.45, 7) is 4.07. The molecule has 1 aliphatic rings. The molecule has 4 N–H and O–H groups in total. The van der Waals surface area contributed by atoms with Crippen LogP contribution in [0.2, 0.25) is 0 Å². The number of benzene rings is 1. The minimum atomic E-state index is -0.473. The summed E-state index contributed by atoms with van der Waals surface area (Å²) in [5.41, 5.74) is 14.5. The van der Waals surface area contributed by atoms with Gasteiger partial charge in [0.1, 0.15) is 11.6 Å². The predicted octanol–water partition coefficient (Wildman–Crippen LogP) is 2.61. The summed E-state index contributed by atoms with van der Waals surface area (Å²) in [7, 11) is 1.59. The van der Waals surface area contributed by atoms with Gasteiger partial charge in [-0.15, -0.1) is 0 Å². The highest BCUT2D eigenvalue weighted by Gasteiger charge is 2.36. The summed E-state index contributed by atoms with van der Waals surface area (Å²) >= 11 is 0. The topological polar surface area (TPSA) is 99.9 Å². The van der Waals surface area contributed by atoms with Crippen molar-refractivity contribution in [2.24, 2.45) is 16.5 Å². The number of hydrogen-bond acceptors (Lipinski definition) is 6. The number of hydrogen-bond donors (Lipinski definition) is 2. The molecule has 25 heavy (non-hydrogen) atoms. The fourth-order valence-electron chi connectivity index (χ4n) is 3.02. The molecule has 0 fully saturated rings. The number of aliphatic imine (C=N–C) groups is 1. The smallest absolute Gasteiger partial charge is 0.336 e. The molecular weight excluding hydrogens is 318 g/mol. The van der Waals surface area contributed by atoms with Gasteiger partial charge in [-0.25, -0.2) is 9.79 Å². The lowest BCUT2D eigenvalue weighted by Crippen LogP contribution is -2.30. The third-order valence-electron chi connectivity index (χ3n) is 4.07. The summed E-state index contributed by atoms with van der Waals surface area (Å²) in [6.07, 6.45) is 2.85. The summed E-state index contributed by atoms with van der Waals surface area (Å²) in [6, 6.07) is 7.49. The normalized spacial score (nSPS) is 18.9. The van der Waals surface area contributed by atoms with Crippen LogP contribution < -0.4 is 16.2 Å². The number of amidine groups is 1. The minimum Gasteiger partial charge on any atom is -0.496 e. The second-order valence-corrected chi connectivity index (χ2v) is 5.62. The van der Waals surface area contributed by atoms with Crippen LogP contribution >= 0.6 is 0 Å². The number of rotatable bonds is 6. The molecular formula is C19H25N3O3. The largest absolute Gasteiger partial charge is 0.496 e. The van der Waals surface area contributed by atoms with E-state index >= 15 is 0 Å². The minimum absolute atomic E-state index is 0.279. The van der Waals surface area contributed by atoms with Crippen LogP contribution in [0, 0.1) is 0 Å². The molecule has 2 rings (SSSR count). The van der Waals surface area contributed by atoms with Crippen LogP contribution in [0.15, 0.2) is 52.3 Å². The zero-order valence-corrected chi connectivity index (χ0v) is 14.9. The van der Waals surface area contributed by atoms with Crippen molar-refractivity contribution in [1.29, 1.82) is 0 Å². The maximum Gasteiger partial charge on any atom is 0.336 e. The monoisotopic (exact) mass is 343 g/mol. The van der Waals surface area contributed by atoms with Crippen molar-refractivity contribution in [1.82, 2.24) is 0 Å². The number of carbonyl (C=O) groups excluding carboxylic acids is 1. The maximum absolute atomic E-state index is 12.7. The molecule has 0 saturated carbocycles. The van der Waals surface area contributed by atoms with Crippen molar-refractivity contribution in [3.8, 4) is 5.75 Å². The Morgan fingerprint density at radius 2 is 2.04 bits per heavy atom. The van der Waals surface area contributed by atoms with Gasteiger partial charge in [-0.2, -0.15) is 0 Å². The summed E-state index contributed by atoms with van der Waals surface area (Å²) < 4.78 is 10.8. The Morgan fingerprint density at radius 3 is 2.64 bits per heavy atom. The highest BCUT2D eigenvalue weighted by Crippen LogP contribution is 2.42. The summed E-state index contributed by atoms with van der Waals surface area (Å²) in [5, 5.41) is 0. The van der Waals surface area contributed by atoms with Crippen LogP contribution in [-0.2, 0) is 9.53 Å². The third kappa shape index (κ3) is 3.68. The van der Waals surface area contributed by atoms with E-state index in [1.807, 2.05) is 31.2 Å². The quantitative estimate of drug-likeness (QED) is 0.773. The van der Waals surface area contributed by atoms with Gasteiger partial charge in [0, 0.05) is 17.3 Å². The molecule has 0 saturated heterocycles. The summed E-state index contributed by atoms with van der Waals surface area (Å²) in [4.78, 5) is 17.2. The number of allylic oxidation sites excluding steroid dienone is 1. The first-order valence-electron chi connectivity index (χ1n) is 8.38. The lowest BCUT2D eigenvalue weighted by atomic mass is 9.80. The van der Waals surface area contributed by atoms with Gasteiger partial charge in [-0.3, -0.25) is 0 Å². The number of esters is 1. The van der Waals surface area contributed by atoms with Gasteiger partial charge >= 0.3 is 5.97 Å². The van der Waals surface area contributed by atoms with Gasteiger partial charge in [-0.1, -0.05) is 31.5 Å². The van der Waals surface area contributed by atoms with Crippen LogP contribution in [0.1, 0.15) is 38.2 Å². The fourth-order valence-corrected chi connectivity index (χ4v) is 3.02. The molecule has 0 amide bonds. The lowest BCUT2D eigenvalue weighted by molar-refractivity contribution is -0.138. The Balaban J connectivity index is 2.73. The number of para-hydroxylation sites is 1. The van der Waals surface area contributed by atoms with Crippen molar-refractivity contribution in [3.63, 3.8) is 0 Å². The molecule has 0 aromatic heterocycles. The molecule has 0 bridgehead atoms. The standard InChI is InChI=1S/C19H25N3O3/c1-4-8-14-17(19(23)25-5-2)16(13(11-20)18(21)22-14)12-9-6-7-10-15(12)24-3/h6-7,9-11,16H,4-5,8,20H2,1-3H3,(H2,21,22)/b13-11-. The van der Waals surface area contributed by atoms with E-state index in [2.05, 4.69) is 4.99 Å². The van der Waals surface area contributed by atoms with Crippen LogP contribution in [0.25, 0.3) is 0 Å². The van der Waals surface area contributed by atoms with E-state index in [0.717, 1.165) is 12.0 Å². The molecule has 0 radical (unpaired) electrons. The first-order valence-corrected chi connectivity index (χ1v) is 8.38. The Bertz CT molecular complexity index is 735. The van der Waals surface area contributed by atoms with Gasteiger partial charge in [0.15, 0.2) is 0 Å². The maximum atomic E-state index is 12.7. The van der Waals surface area contributed by atoms with Crippen molar-refractivity contribution in [2.45, 2.75) is 32.6 Å². The van der Waals surface area contributed by atoms with Gasteiger partial charge in [-0.05, 0) is 19.4 Å². The highest BCUT2D eigenvalue weighted by atomic mass is 16.5.